The molecule has 0 spiro atoms. The van der Waals surface area contributed by atoms with E-state index in [1.807, 2.05) is 210 Å². The van der Waals surface area contributed by atoms with Crippen molar-refractivity contribution < 1.29 is 47.5 Å². The van der Waals surface area contributed by atoms with Crippen LogP contribution in [0.4, 0.5) is 45.5 Å². The lowest BCUT2D eigenvalue weighted by molar-refractivity contribution is 0.0658. The van der Waals surface area contributed by atoms with Crippen molar-refractivity contribution in [2.75, 3.05) is 130 Å². The summed E-state index contributed by atoms with van der Waals surface area (Å²) in [5.41, 5.74) is 23.2. The number of piperidine rings is 1. The lowest BCUT2D eigenvalue weighted by Gasteiger charge is -2.36. The van der Waals surface area contributed by atoms with Crippen LogP contribution in [0.1, 0.15) is 55.0 Å². The van der Waals surface area contributed by atoms with Crippen LogP contribution >= 0.6 is 23.2 Å². The number of imide groups is 1. The first-order valence-corrected chi connectivity index (χ1v) is 49.2. The van der Waals surface area contributed by atoms with E-state index < -0.39 is 0 Å². The van der Waals surface area contributed by atoms with E-state index in [1.165, 1.54) is 24.9 Å². The zero-order chi connectivity index (χ0) is 105. The number of fused-ring (bicyclic) bond motifs is 5. The van der Waals surface area contributed by atoms with Crippen LogP contribution < -0.4 is 58.1 Å². The maximum atomic E-state index is 13.1. The van der Waals surface area contributed by atoms with E-state index in [4.69, 9.17) is 76.3 Å². The number of halogens is 2. The van der Waals surface area contributed by atoms with Gasteiger partial charge >= 0.3 is 0 Å². The number of ether oxygens (including phenoxy) is 7. The van der Waals surface area contributed by atoms with E-state index in [0.717, 1.165) is 161 Å². The van der Waals surface area contributed by atoms with Crippen molar-refractivity contribution in [3.05, 3.63) is 331 Å². The number of carbonyl (C=O) groups excluding carboxylic acids is 3. The van der Waals surface area contributed by atoms with Gasteiger partial charge in [-0.05, 0) is 166 Å². The van der Waals surface area contributed by atoms with Gasteiger partial charge in [-0.15, -0.1) is 0 Å². The fourth-order valence-electron chi connectivity index (χ4n) is 18.1. The molecule has 21 rings (SSSR count). The van der Waals surface area contributed by atoms with Gasteiger partial charge in [-0.25, -0.2) is 19.9 Å². The zero-order valence-electron chi connectivity index (χ0n) is 85.5. The molecular formula is C114H112Cl2N24O10. The van der Waals surface area contributed by atoms with Gasteiger partial charge in [0, 0.05) is 249 Å². The molecule has 0 saturated carbocycles. The summed E-state index contributed by atoms with van der Waals surface area (Å²) in [7, 11) is 24.9. The Kier molecular flexibility index (Phi) is 31.8. The van der Waals surface area contributed by atoms with Crippen LogP contribution in [0.5, 0.6) is 40.2 Å². The van der Waals surface area contributed by atoms with Gasteiger partial charge in [-0.2, -0.15) is 20.4 Å². The summed E-state index contributed by atoms with van der Waals surface area (Å²) in [5, 5.41) is 21.1. The Morgan fingerprint density at radius 1 is 0.367 bits per heavy atom. The van der Waals surface area contributed by atoms with Crippen LogP contribution in [-0.4, -0.2) is 228 Å². The van der Waals surface area contributed by atoms with Crippen LogP contribution in [0.2, 0.25) is 10.0 Å². The molecule has 2 aliphatic heterocycles. The molecule has 0 aliphatic carbocycles. The Bertz CT molecular complexity index is 8010. The van der Waals surface area contributed by atoms with Gasteiger partial charge in [0.1, 0.15) is 40.2 Å². The summed E-state index contributed by atoms with van der Waals surface area (Å²) in [6, 6.07) is 70.0. The second-order valence-electron chi connectivity index (χ2n) is 36.1. The summed E-state index contributed by atoms with van der Waals surface area (Å²) < 4.78 is 45.8. The summed E-state index contributed by atoms with van der Waals surface area (Å²) >= 11 is 12.8. The van der Waals surface area contributed by atoms with Crippen LogP contribution in [0.3, 0.4) is 0 Å². The molecule has 10 heterocycles. The van der Waals surface area contributed by atoms with Crippen molar-refractivity contribution in [1.82, 2.24) is 99.0 Å². The summed E-state index contributed by atoms with van der Waals surface area (Å²) in [4.78, 5) is 91.5. The Morgan fingerprint density at radius 3 is 1.07 bits per heavy atom. The summed E-state index contributed by atoms with van der Waals surface area (Å²) in [6.07, 6.45) is 24.2. The normalized spacial score (nSPS) is 12.4. The van der Waals surface area contributed by atoms with Gasteiger partial charge in [-0.3, -0.25) is 57.9 Å². The highest BCUT2D eigenvalue weighted by molar-refractivity contribution is 6.31. The van der Waals surface area contributed by atoms with Crippen molar-refractivity contribution in [2.45, 2.75) is 32.0 Å². The smallest absolute Gasteiger partial charge is 0.261 e. The number of amides is 3. The van der Waals surface area contributed by atoms with Crippen molar-refractivity contribution in [1.29, 1.82) is 0 Å². The molecule has 8 aromatic heterocycles. The molecule has 1 saturated heterocycles. The number of methoxy groups -OCH3 is 7. The Labute approximate surface area is 877 Å². The number of benzene rings is 11. The van der Waals surface area contributed by atoms with E-state index in [2.05, 4.69) is 115 Å². The number of aryl methyl sites for hydroxylation is 4. The Hall–Kier alpha value is -17.5. The van der Waals surface area contributed by atoms with E-state index in [9.17, 15) is 14.4 Å². The number of nitrogens with one attached hydrogen (secondary N) is 1. The van der Waals surface area contributed by atoms with E-state index in [-0.39, 0.29) is 30.8 Å². The van der Waals surface area contributed by atoms with E-state index >= 15 is 0 Å². The van der Waals surface area contributed by atoms with Crippen LogP contribution in [0.15, 0.2) is 293 Å². The first-order chi connectivity index (χ1) is 72.8. The number of nitrogens with zero attached hydrogens (tertiary/aromatic N) is 23. The predicted octanol–water partition coefficient (Wildman–Crippen LogP) is 20.1. The number of rotatable bonds is 31. The highest BCUT2D eigenvalue weighted by Gasteiger charge is 2.36. The molecule has 1 fully saturated rings. The van der Waals surface area contributed by atoms with Gasteiger partial charge in [-0.1, -0.05) is 65.7 Å². The predicted molar refractivity (Wildman–Crippen MR) is 586 cm³/mol. The van der Waals surface area contributed by atoms with Gasteiger partial charge < -0.3 is 67.9 Å². The first kappa shape index (κ1) is 103. The molecule has 0 unspecified atom stereocenters. The third kappa shape index (κ3) is 23.9. The van der Waals surface area contributed by atoms with Crippen LogP contribution in [-0.2, 0) is 41.3 Å². The van der Waals surface area contributed by atoms with Gasteiger partial charge in [0.25, 0.3) is 17.7 Å². The molecule has 1 N–H and O–H groups in total. The zero-order valence-corrected chi connectivity index (χ0v) is 87.0. The van der Waals surface area contributed by atoms with E-state index in [0.29, 0.717) is 97.0 Å². The minimum absolute atomic E-state index is 0.109. The average molecular weight is 2050 g/mol. The van der Waals surface area contributed by atoms with E-state index in [1.54, 1.807) is 154 Å². The van der Waals surface area contributed by atoms with Crippen LogP contribution in [0.25, 0.3) is 89.2 Å². The SMILES string of the molecule is CNC(=O)c1cc(OC)cc(N(CCN2C(=O)c3ccccc3C2=O)c2ccc3ncc(-c4cnn(C)c4)nc3c2)c1.COc1cc(OC)cc(N(CCN2CCC(N(C)C)CC2)c2ccc3ncc(-c4cnn(C)c4)nc3c2)c1.COc1cc(OC)cc(N(Cc2cccc(Cl)c2)c2ccc3ncc(-c4cnn(C)c4)nc3c2)c1.COc1cc(OC)cc(N(Cc2ccccc2Cl)c2ccc3ncc(-c4cnn(C)c4)nc3c2)c1. The third-order valence-corrected chi connectivity index (χ3v) is 26.7. The molecule has 150 heavy (non-hydrogen) atoms. The maximum Gasteiger partial charge on any atom is 0.261 e. The second-order valence-corrected chi connectivity index (χ2v) is 36.9. The molecule has 0 atom stereocenters. The van der Waals surface area contributed by atoms with Crippen LogP contribution in [0, 0.1) is 0 Å². The quantitative estimate of drug-likeness (QED) is 0.0394. The molecule has 0 bridgehead atoms. The molecule has 2 aliphatic rings. The molecule has 0 radical (unpaired) electrons. The molecule has 762 valence electrons. The summed E-state index contributed by atoms with van der Waals surface area (Å²) in [5.74, 6) is 3.86. The van der Waals surface area contributed by atoms with Crippen molar-refractivity contribution in [3.63, 3.8) is 0 Å². The molecule has 34 nitrogen and oxygen atoms in total. The Morgan fingerprint density at radius 2 is 0.713 bits per heavy atom. The second kappa shape index (κ2) is 46.5. The average Bonchev–Trinajstić information content (AvgIpc) is 1.57. The van der Waals surface area contributed by atoms with Crippen molar-refractivity contribution in [3.8, 4) is 85.3 Å². The van der Waals surface area contributed by atoms with Crippen molar-refractivity contribution >= 4 is 131 Å². The fraction of sp³-hybridized carbons (Fsp3) is 0.219. The minimum Gasteiger partial charge on any atom is -0.497 e. The van der Waals surface area contributed by atoms with Gasteiger partial charge in [0.15, 0.2) is 0 Å². The molecular weight excluding hydrogens is 1940 g/mol. The number of anilines is 8. The monoisotopic (exact) mass is 2050 g/mol. The number of carbonyl (C=O) groups is 3. The highest BCUT2D eigenvalue weighted by Crippen LogP contribution is 2.42. The van der Waals surface area contributed by atoms with Gasteiger partial charge in [0.05, 0.1) is 177 Å². The summed E-state index contributed by atoms with van der Waals surface area (Å²) in [6.45, 7) is 5.47. The molecule has 36 heteroatoms. The Balaban J connectivity index is 0.000000131. The molecule has 11 aromatic carbocycles. The van der Waals surface area contributed by atoms with Crippen molar-refractivity contribution in [2.24, 2.45) is 28.2 Å². The number of aromatic nitrogens is 16. The largest absolute Gasteiger partial charge is 0.497 e. The standard InChI is InChI=1S/C31H27N7O4.C29H37N7O2.2C27H24ClN5O2/c1-32-29(39)19-12-22(14-23(13-19)42-3)37(10-11-38-30(40)24-6-4-5-7-25(24)31(38)41)21-8-9-26-27(15-21)35-28(17-33-26)20-16-34-36(2)18-20;1-33(2)22-8-10-35(11-9-22)12-13-36(24-14-25(37-4)17-26(15-24)38-5)23-6-7-27-28(16-23)32-29(19-30-27)21-18-31-34(3)20-21;1-32-17-19(14-30-32)27-15-29-25-8-7-21(12-26(25)31-27)33(16-18-5-4-6-20(28)9-18)22-10-23(34-2)13-24(11-22)35-3;1-32-16-19(14-30-32)27-15-29-25-9-8-20(12-26(25)31-27)33(17-18-6-4-5-7-24(18)28)21-10-22(34-2)13-23(11-21)35-3/h4-9,12-18H,10-11H2,1-3H3,(H,32,39);6-7,14-20,22H,8-13H2,1-5H3;4-15,17H,16H2,1-3H3;4-16H,17H2,1-3H3. The van der Waals surface area contributed by atoms with Gasteiger partial charge in [0.2, 0.25) is 0 Å². The topological polar surface area (TPSA) is 325 Å². The lowest BCUT2D eigenvalue weighted by Crippen LogP contribution is -2.44. The highest BCUT2D eigenvalue weighted by atomic mass is 35.5. The molecule has 19 aromatic rings. The first-order valence-electron chi connectivity index (χ1n) is 48.4. The minimum atomic E-state index is -0.335. The number of hydrogen-bond acceptors (Lipinski definition) is 28. The maximum absolute atomic E-state index is 13.1. The number of likely N-dealkylation sites (tertiary alicyclic amines) is 1. The molecule has 3 amide bonds. The fourth-order valence-corrected chi connectivity index (χ4v) is 18.5. The number of hydrogen-bond donors (Lipinski definition) is 1. The lowest BCUT2D eigenvalue weighted by atomic mass is 10.0. The third-order valence-electron chi connectivity index (χ3n) is 26.1.